The third-order valence-corrected chi connectivity index (χ3v) is 18.7. The average Bonchev–Trinajstić information content (AvgIpc) is 3.74. The van der Waals surface area contributed by atoms with Crippen LogP contribution >= 0.6 is 0 Å². The quantitative estimate of drug-likeness (QED) is 0.0966. The lowest BCUT2D eigenvalue weighted by atomic mass is 9.42. The van der Waals surface area contributed by atoms with Crippen LogP contribution in [-0.4, -0.2) is 232 Å². The Morgan fingerprint density at radius 2 is 1.15 bits per heavy atom. The van der Waals surface area contributed by atoms with Crippen molar-refractivity contribution >= 4 is 0 Å². The summed E-state index contributed by atoms with van der Waals surface area (Å²) in [6.45, 7) is 6.33. The highest BCUT2D eigenvalue weighted by molar-refractivity contribution is 5.21. The zero-order valence-electron chi connectivity index (χ0n) is 38.3. The maximum atomic E-state index is 12.4. The second kappa shape index (κ2) is 18.6. The van der Waals surface area contributed by atoms with Crippen LogP contribution < -0.4 is 0 Å². The predicted octanol–water partition coefficient (Wildman–Crippen LogP) is -4.71. The van der Waals surface area contributed by atoms with Gasteiger partial charge in [-0.05, 0) is 61.2 Å². The van der Waals surface area contributed by atoms with Crippen molar-refractivity contribution in [2.75, 3.05) is 26.4 Å². The van der Waals surface area contributed by atoms with E-state index < -0.39 is 153 Å². The van der Waals surface area contributed by atoms with E-state index in [0.717, 1.165) is 6.42 Å². The summed E-state index contributed by atoms with van der Waals surface area (Å²) >= 11 is 0. The van der Waals surface area contributed by atoms with Crippen LogP contribution in [0, 0.1) is 46.3 Å². The molecule has 5 saturated heterocycles. The number of ether oxygens (including phenoxy) is 8. The summed E-state index contributed by atoms with van der Waals surface area (Å²) < 4.78 is 49.6. The number of hydrogen-bond donors (Lipinski definition) is 14. The molecule has 30 atom stereocenters. The third-order valence-electron chi connectivity index (χ3n) is 18.7. The lowest BCUT2D eigenvalue weighted by Crippen LogP contribution is -2.71. The summed E-state index contributed by atoms with van der Waals surface area (Å²) in [6.07, 6.45) is -25.6. The molecule has 0 aromatic heterocycles. The van der Waals surface area contributed by atoms with E-state index in [1.165, 1.54) is 0 Å². The van der Waals surface area contributed by atoms with E-state index in [2.05, 4.69) is 13.8 Å². The van der Waals surface area contributed by atoms with Crippen LogP contribution in [0.5, 0.6) is 0 Å². The summed E-state index contributed by atoms with van der Waals surface area (Å²) in [7, 11) is 0. The van der Waals surface area contributed by atoms with Gasteiger partial charge in [-0.2, -0.15) is 0 Å². The van der Waals surface area contributed by atoms with E-state index in [-0.39, 0.29) is 72.9 Å². The van der Waals surface area contributed by atoms with Gasteiger partial charge in [0.05, 0.1) is 62.5 Å². The van der Waals surface area contributed by atoms with E-state index in [9.17, 15) is 71.5 Å². The summed E-state index contributed by atoms with van der Waals surface area (Å²) in [5, 5.41) is 150. The highest BCUT2D eigenvalue weighted by Gasteiger charge is 2.73. The number of fused-ring (bicyclic) bond motifs is 7. The summed E-state index contributed by atoms with van der Waals surface area (Å²) in [6, 6.07) is 0. The minimum atomic E-state index is -1.83. The zero-order valence-corrected chi connectivity index (χ0v) is 38.3. The molecule has 5 heterocycles. The van der Waals surface area contributed by atoms with E-state index in [4.69, 9.17) is 37.9 Å². The molecule has 9 fully saturated rings. The van der Waals surface area contributed by atoms with E-state index in [0.29, 0.717) is 19.3 Å². The Balaban J connectivity index is 0.912. The third kappa shape index (κ3) is 8.00. The number of aliphatic hydroxyl groups excluding tert-OH is 13. The van der Waals surface area contributed by atoms with Crippen LogP contribution in [0.4, 0.5) is 0 Å². The first-order valence-corrected chi connectivity index (χ1v) is 24.2. The van der Waals surface area contributed by atoms with Crippen molar-refractivity contribution in [1.29, 1.82) is 0 Å². The van der Waals surface area contributed by atoms with Gasteiger partial charge < -0.3 is 109 Å². The van der Waals surface area contributed by atoms with Crippen molar-refractivity contribution in [3.8, 4) is 0 Å². The normalized spacial score (nSPS) is 59.9. The smallest absolute Gasteiger partial charge is 0.187 e. The van der Waals surface area contributed by atoms with Crippen molar-refractivity contribution in [2.45, 2.75) is 207 Å². The van der Waals surface area contributed by atoms with Gasteiger partial charge >= 0.3 is 0 Å². The fourth-order valence-corrected chi connectivity index (χ4v) is 14.8. The van der Waals surface area contributed by atoms with Gasteiger partial charge in [0.1, 0.15) is 73.2 Å². The number of hydrogen-bond acceptors (Lipinski definition) is 22. The SMILES string of the molecule is CC1COC2(CC1OC1OC(CO)C(O)C(O)C1OC1OC(CO)C(O)C(O)C1O)OC1CC3C4CC(O)C5(O)CC(O)C(OC6OC(CO)C(O)C(O)C6O)CC5(C)C4CCC3(C)C1C2C. The average molecular weight is 967 g/mol. The fraction of sp³-hybridized carbons (Fsp3) is 1.00. The summed E-state index contributed by atoms with van der Waals surface area (Å²) in [5.74, 6) is -1.70. The predicted molar refractivity (Wildman–Crippen MR) is 221 cm³/mol. The Morgan fingerprint density at radius 1 is 0.597 bits per heavy atom. The van der Waals surface area contributed by atoms with Gasteiger partial charge in [0, 0.05) is 30.1 Å². The monoisotopic (exact) mass is 966 g/mol. The van der Waals surface area contributed by atoms with Crippen molar-refractivity contribution in [1.82, 2.24) is 0 Å². The summed E-state index contributed by atoms with van der Waals surface area (Å²) in [5.41, 5.74) is -2.95. The Bertz CT molecular complexity index is 1730. The Kier molecular flexibility index (Phi) is 14.1. The lowest BCUT2D eigenvalue weighted by molar-refractivity contribution is -0.381. The Hall–Kier alpha value is -0.880. The van der Waals surface area contributed by atoms with Gasteiger partial charge in [0.25, 0.3) is 0 Å². The molecule has 5 aliphatic heterocycles. The fourth-order valence-electron chi connectivity index (χ4n) is 14.8. The van der Waals surface area contributed by atoms with Gasteiger partial charge in [0.15, 0.2) is 24.7 Å². The van der Waals surface area contributed by atoms with Crippen molar-refractivity contribution in [3.63, 3.8) is 0 Å². The van der Waals surface area contributed by atoms with Crippen LogP contribution in [0.2, 0.25) is 0 Å². The maximum absolute atomic E-state index is 12.4. The first-order chi connectivity index (χ1) is 31.6. The number of rotatable bonds is 9. The molecule has 30 unspecified atom stereocenters. The molecule has 4 saturated carbocycles. The molecular formula is C45H74O22. The van der Waals surface area contributed by atoms with Crippen molar-refractivity contribution in [3.05, 3.63) is 0 Å². The van der Waals surface area contributed by atoms with Gasteiger partial charge in [-0.1, -0.05) is 27.7 Å². The second-order valence-corrected chi connectivity index (χ2v) is 22.1. The molecule has 386 valence electrons. The molecule has 0 amide bonds. The Morgan fingerprint density at radius 3 is 1.75 bits per heavy atom. The Labute approximate surface area is 388 Å². The highest BCUT2D eigenvalue weighted by atomic mass is 16.8. The van der Waals surface area contributed by atoms with Crippen LogP contribution in [0.15, 0.2) is 0 Å². The maximum Gasteiger partial charge on any atom is 0.187 e. The number of aliphatic hydroxyl groups is 14. The molecule has 4 aliphatic carbocycles. The summed E-state index contributed by atoms with van der Waals surface area (Å²) in [4.78, 5) is 0. The molecule has 14 N–H and O–H groups in total. The topological polar surface area (TPSA) is 357 Å². The molecular weight excluding hydrogens is 892 g/mol. The van der Waals surface area contributed by atoms with Crippen LogP contribution in [0.1, 0.15) is 72.6 Å². The zero-order chi connectivity index (χ0) is 48.4. The first-order valence-electron chi connectivity index (χ1n) is 24.2. The standard InChI is InChI=1S/C45H74O22/c1-16-15-60-45(11-23(16)61-41-38(35(56)32(53)27(14-48)65-41)66-40-37(58)34(55)31(52)26(13-47)64-40)17(2)29-22(67-45)8-20-18-7-28(50)44(59)9-21(49)24(10-43(44,4)19(18)5-6-42(20,29)3)62-39-36(57)33(54)30(51)25(12-46)63-39/h16-41,46-59H,5-15H2,1-4H3. The van der Waals surface area contributed by atoms with Crippen LogP contribution in [0.25, 0.3) is 0 Å². The highest BCUT2D eigenvalue weighted by Crippen LogP contribution is 2.72. The van der Waals surface area contributed by atoms with Crippen molar-refractivity contribution in [2.24, 2.45) is 46.3 Å². The van der Waals surface area contributed by atoms with E-state index in [1.54, 1.807) is 0 Å². The van der Waals surface area contributed by atoms with Gasteiger partial charge in [-0.25, -0.2) is 0 Å². The molecule has 22 nitrogen and oxygen atoms in total. The van der Waals surface area contributed by atoms with E-state index in [1.807, 2.05) is 13.8 Å². The molecule has 0 bridgehead atoms. The van der Waals surface area contributed by atoms with Crippen LogP contribution in [0.3, 0.4) is 0 Å². The largest absolute Gasteiger partial charge is 0.394 e. The second-order valence-electron chi connectivity index (χ2n) is 22.1. The molecule has 0 radical (unpaired) electrons. The van der Waals surface area contributed by atoms with Crippen LogP contribution in [-0.2, 0) is 37.9 Å². The molecule has 67 heavy (non-hydrogen) atoms. The molecule has 22 heteroatoms. The molecule has 0 aromatic rings. The van der Waals surface area contributed by atoms with Gasteiger partial charge in [0.2, 0.25) is 0 Å². The van der Waals surface area contributed by atoms with Crippen molar-refractivity contribution < 1.29 is 109 Å². The molecule has 9 rings (SSSR count). The van der Waals surface area contributed by atoms with E-state index >= 15 is 0 Å². The van der Waals surface area contributed by atoms with Gasteiger partial charge in [-0.3, -0.25) is 0 Å². The molecule has 1 spiro atoms. The minimum absolute atomic E-state index is 0.00218. The molecule has 9 aliphatic rings. The minimum Gasteiger partial charge on any atom is -0.394 e. The lowest BCUT2D eigenvalue weighted by Gasteiger charge is -2.66. The first kappa shape index (κ1) is 51.0. The van der Waals surface area contributed by atoms with Gasteiger partial charge in [-0.15, -0.1) is 0 Å². The molecule has 0 aromatic carbocycles.